The average molecular weight is 344 g/mol. The minimum atomic E-state index is -0.465. The summed E-state index contributed by atoms with van der Waals surface area (Å²) >= 11 is 0. The summed E-state index contributed by atoms with van der Waals surface area (Å²) in [5.74, 6) is 0. The van der Waals surface area contributed by atoms with Crippen molar-refractivity contribution in [3.63, 3.8) is 0 Å². The van der Waals surface area contributed by atoms with Gasteiger partial charge < -0.3 is 15.1 Å². The van der Waals surface area contributed by atoms with E-state index in [0.717, 1.165) is 11.3 Å². The van der Waals surface area contributed by atoms with Crippen molar-refractivity contribution >= 4 is 22.7 Å². The molecule has 0 radical (unpaired) electrons. The number of hydrogen-bond donors (Lipinski definition) is 2. The molecule has 132 valence electrons. The summed E-state index contributed by atoms with van der Waals surface area (Å²) in [5.41, 5.74) is 3.04. The lowest BCUT2D eigenvalue weighted by Crippen LogP contribution is -2.30. The molecule has 2 aromatic rings. The van der Waals surface area contributed by atoms with Gasteiger partial charge in [-0.05, 0) is 42.8 Å². The molecule has 0 aliphatic rings. The van der Waals surface area contributed by atoms with E-state index >= 15 is 0 Å². The number of benzene rings is 2. The lowest BCUT2D eigenvalue weighted by atomic mass is 10.1. The topological polar surface area (TPSA) is 112 Å². The van der Waals surface area contributed by atoms with Crippen LogP contribution in [0.2, 0.25) is 0 Å². The molecule has 0 heterocycles. The summed E-state index contributed by atoms with van der Waals surface area (Å²) in [4.78, 5) is 12.1. The van der Waals surface area contributed by atoms with E-state index in [1.165, 1.54) is 24.3 Å². The van der Waals surface area contributed by atoms with Crippen LogP contribution >= 0.6 is 0 Å². The zero-order valence-corrected chi connectivity index (χ0v) is 13.9. The maximum atomic E-state index is 10.6. The van der Waals surface area contributed by atoms with Gasteiger partial charge in [0.15, 0.2) is 0 Å². The molecular weight excluding hydrogens is 324 g/mol. The largest absolute Gasteiger partial charge is 0.395 e. The molecule has 2 aromatic carbocycles. The number of aliphatic hydroxyl groups excluding tert-OH is 2. The summed E-state index contributed by atoms with van der Waals surface area (Å²) in [6, 6.07) is 11.3. The molecule has 0 bridgehead atoms. The zero-order chi connectivity index (χ0) is 18.2. The van der Waals surface area contributed by atoms with E-state index in [9.17, 15) is 10.1 Å². The fraction of sp³-hybridized carbons (Fsp3) is 0.294. The summed E-state index contributed by atoms with van der Waals surface area (Å²) < 4.78 is 0. The summed E-state index contributed by atoms with van der Waals surface area (Å²) in [5, 5.41) is 37.1. The van der Waals surface area contributed by atoms with Crippen LogP contribution in [0, 0.1) is 17.0 Å². The minimum absolute atomic E-state index is 0.00104. The summed E-state index contributed by atoms with van der Waals surface area (Å²) in [6.45, 7) is 2.79. The van der Waals surface area contributed by atoms with Gasteiger partial charge in [-0.25, -0.2) is 0 Å². The molecule has 0 saturated carbocycles. The highest BCUT2D eigenvalue weighted by Gasteiger charge is 2.09. The highest BCUT2D eigenvalue weighted by molar-refractivity contribution is 5.59. The first-order valence-corrected chi connectivity index (χ1v) is 7.78. The van der Waals surface area contributed by atoms with E-state index in [0.29, 0.717) is 24.5 Å². The predicted molar refractivity (Wildman–Crippen MR) is 94.8 cm³/mol. The molecule has 25 heavy (non-hydrogen) atoms. The van der Waals surface area contributed by atoms with Crippen LogP contribution in [0.3, 0.4) is 0 Å². The number of nitro groups is 1. The highest BCUT2D eigenvalue weighted by Crippen LogP contribution is 2.27. The molecule has 0 aliphatic heterocycles. The monoisotopic (exact) mass is 344 g/mol. The Morgan fingerprint density at radius 1 is 1.00 bits per heavy atom. The molecule has 0 amide bonds. The van der Waals surface area contributed by atoms with Crippen LogP contribution in [0.25, 0.3) is 0 Å². The predicted octanol–water partition coefficient (Wildman–Crippen LogP) is 3.11. The smallest absolute Gasteiger partial charge is 0.269 e. The van der Waals surface area contributed by atoms with Gasteiger partial charge in [0, 0.05) is 30.9 Å². The van der Waals surface area contributed by atoms with Gasteiger partial charge in [0.2, 0.25) is 0 Å². The van der Waals surface area contributed by atoms with Gasteiger partial charge in [0.25, 0.3) is 5.69 Å². The molecule has 0 aromatic heterocycles. The first-order valence-electron chi connectivity index (χ1n) is 7.78. The Bertz CT molecular complexity index is 741. The number of rotatable bonds is 8. The number of azo groups is 1. The van der Waals surface area contributed by atoms with E-state index in [-0.39, 0.29) is 18.9 Å². The molecule has 2 rings (SSSR count). The van der Waals surface area contributed by atoms with Crippen molar-refractivity contribution < 1.29 is 15.1 Å². The summed E-state index contributed by atoms with van der Waals surface area (Å²) in [7, 11) is 0. The van der Waals surface area contributed by atoms with Gasteiger partial charge in [-0.2, -0.15) is 10.2 Å². The second-order valence-electron chi connectivity index (χ2n) is 5.38. The van der Waals surface area contributed by atoms with Crippen LogP contribution in [0.5, 0.6) is 0 Å². The number of nitrogens with zero attached hydrogens (tertiary/aromatic N) is 4. The van der Waals surface area contributed by atoms with Crippen molar-refractivity contribution in [3.05, 3.63) is 58.1 Å². The van der Waals surface area contributed by atoms with Crippen molar-refractivity contribution in [1.82, 2.24) is 0 Å². The first-order chi connectivity index (χ1) is 12.0. The molecule has 2 N–H and O–H groups in total. The van der Waals surface area contributed by atoms with E-state index in [1.807, 2.05) is 24.0 Å². The second kappa shape index (κ2) is 8.86. The standard InChI is InChI=1S/C17H20N4O4/c1-13-12-15(4-7-17(13)20(8-10-22)9-11-23)19-18-14-2-5-16(6-3-14)21(24)25/h2-7,12,22-23H,8-11H2,1H3. The van der Waals surface area contributed by atoms with Crippen molar-refractivity contribution in [2.45, 2.75) is 6.92 Å². The van der Waals surface area contributed by atoms with E-state index in [1.54, 1.807) is 6.07 Å². The lowest BCUT2D eigenvalue weighted by Gasteiger charge is -2.24. The Labute approximate surface area is 145 Å². The number of aryl methyl sites for hydroxylation is 1. The third-order valence-corrected chi connectivity index (χ3v) is 3.60. The Morgan fingerprint density at radius 3 is 2.08 bits per heavy atom. The number of aliphatic hydroxyl groups is 2. The van der Waals surface area contributed by atoms with E-state index in [2.05, 4.69) is 10.2 Å². The highest BCUT2D eigenvalue weighted by atomic mass is 16.6. The number of hydrogen-bond acceptors (Lipinski definition) is 7. The van der Waals surface area contributed by atoms with Crippen LogP contribution < -0.4 is 4.90 Å². The Morgan fingerprint density at radius 2 is 1.56 bits per heavy atom. The maximum absolute atomic E-state index is 10.6. The number of non-ortho nitro benzene ring substituents is 1. The van der Waals surface area contributed by atoms with Gasteiger partial charge in [-0.3, -0.25) is 10.1 Å². The van der Waals surface area contributed by atoms with Crippen molar-refractivity contribution in [2.75, 3.05) is 31.2 Å². The van der Waals surface area contributed by atoms with Gasteiger partial charge in [-0.1, -0.05) is 0 Å². The Hall–Kier alpha value is -2.84. The second-order valence-corrected chi connectivity index (χ2v) is 5.38. The SMILES string of the molecule is Cc1cc(N=Nc2ccc([N+](=O)[O-])cc2)ccc1N(CCO)CCO. The average Bonchev–Trinajstić information content (AvgIpc) is 2.60. The van der Waals surface area contributed by atoms with Crippen LogP contribution in [0.1, 0.15) is 5.56 Å². The van der Waals surface area contributed by atoms with E-state index in [4.69, 9.17) is 10.2 Å². The van der Waals surface area contributed by atoms with Gasteiger partial charge in [0.05, 0.1) is 29.5 Å². The van der Waals surface area contributed by atoms with Crippen molar-refractivity contribution in [1.29, 1.82) is 0 Å². The van der Waals surface area contributed by atoms with Gasteiger partial charge in [-0.15, -0.1) is 0 Å². The van der Waals surface area contributed by atoms with Crippen molar-refractivity contribution in [2.24, 2.45) is 10.2 Å². The molecule has 0 fully saturated rings. The maximum Gasteiger partial charge on any atom is 0.269 e. The van der Waals surface area contributed by atoms with Crippen LogP contribution in [-0.4, -0.2) is 41.4 Å². The molecule has 0 spiro atoms. The minimum Gasteiger partial charge on any atom is -0.395 e. The Balaban J connectivity index is 2.15. The zero-order valence-electron chi connectivity index (χ0n) is 13.9. The molecule has 0 saturated heterocycles. The molecule has 0 unspecified atom stereocenters. The lowest BCUT2D eigenvalue weighted by molar-refractivity contribution is -0.384. The molecule has 0 atom stereocenters. The third-order valence-electron chi connectivity index (χ3n) is 3.60. The number of anilines is 1. The van der Waals surface area contributed by atoms with Gasteiger partial charge >= 0.3 is 0 Å². The van der Waals surface area contributed by atoms with Gasteiger partial charge in [0.1, 0.15) is 0 Å². The normalized spacial score (nSPS) is 11.0. The third kappa shape index (κ3) is 5.07. The van der Waals surface area contributed by atoms with Crippen molar-refractivity contribution in [3.8, 4) is 0 Å². The fourth-order valence-electron chi connectivity index (χ4n) is 2.41. The molecular formula is C17H20N4O4. The quantitative estimate of drug-likeness (QED) is 0.434. The first kappa shape index (κ1) is 18.5. The molecule has 8 heteroatoms. The van der Waals surface area contributed by atoms with E-state index < -0.39 is 4.92 Å². The Kier molecular flexibility index (Phi) is 6.55. The van der Waals surface area contributed by atoms with Crippen LogP contribution in [0.4, 0.5) is 22.7 Å². The number of nitro benzene ring substituents is 1. The van der Waals surface area contributed by atoms with Crippen LogP contribution in [-0.2, 0) is 0 Å². The summed E-state index contributed by atoms with van der Waals surface area (Å²) in [6.07, 6.45) is 0. The molecule has 8 nitrogen and oxygen atoms in total. The fourth-order valence-corrected chi connectivity index (χ4v) is 2.41. The van der Waals surface area contributed by atoms with Crippen LogP contribution in [0.15, 0.2) is 52.7 Å². The molecule has 0 aliphatic carbocycles.